The second-order valence-corrected chi connectivity index (χ2v) is 7.35. The summed E-state index contributed by atoms with van der Waals surface area (Å²) >= 11 is 1.32. The number of aryl methyl sites for hydroxylation is 2. The number of oxazole rings is 1. The lowest BCUT2D eigenvalue weighted by molar-refractivity contribution is -0.132. The molecule has 1 saturated heterocycles. The summed E-state index contributed by atoms with van der Waals surface area (Å²) in [6.07, 6.45) is 1.37. The molecule has 2 heterocycles. The number of benzene rings is 1. The van der Waals surface area contributed by atoms with Gasteiger partial charge in [0.25, 0.3) is 5.22 Å². The van der Waals surface area contributed by atoms with Crippen molar-refractivity contribution in [2.24, 2.45) is 5.92 Å². The number of piperidine rings is 1. The van der Waals surface area contributed by atoms with Gasteiger partial charge in [-0.05, 0) is 38.8 Å². The van der Waals surface area contributed by atoms with Crippen molar-refractivity contribution in [3.8, 4) is 0 Å². The SMILES string of the molecule is Cc1nc(SCC(=O)N2CCC(C(=O)Nc3ccccc3)CC2)oc1C. The van der Waals surface area contributed by atoms with Crippen molar-refractivity contribution in [2.45, 2.75) is 31.9 Å². The number of para-hydroxylation sites is 1. The van der Waals surface area contributed by atoms with E-state index in [0.717, 1.165) is 17.1 Å². The second-order valence-electron chi connectivity index (χ2n) is 6.42. The number of anilines is 1. The highest BCUT2D eigenvalue weighted by Crippen LogP contribution is 2.23. The molecular weight excluding hydrogens is 350 g/mol. The van der Waals surface area contributed by atoms with Crippen LogP contribution in [0.15, 0.2) is 40.0 Å². The first-order valence-corrected chi connectivity index (χ1v) is 9.72. The molecule has 1 fully saturated rings. The van der Waals surface area contributed by atoms with Crippen LogP contribution in [0.3, 0.4) is 0 Å². The molecule has 0 radical (unpaired) electrons. The number of likely N-dealkylation sites (tertiary alicyclic amines) is 1. The maximum absolute atomic E-state index is 12.4. The number of nitrogens with zero attached hydrogens (tertiary/aromatic N) is 2. The van der Waals surface area contributed by atoms with E-state index in [4.69, 9.17) is 4.42 Å². The molecule has 1 aliphatic rings. The molecule has 6 nitrogen and oxygen atoms in total. The van der Waals surface area contributed by atoms with Gasteiger partial charge in [0.15, 0.2) is 0 Å². The third-order valence-corrected chi connectivity index (χ3v) is 5.40. The molecule has 1 aromatic heterocycles. The lowest BCUT2D eigenvalue weighted by Gasteiger charge is -2.31. The predicted octanol–water partition coefficient (Wildman–Crippen LogP) is 3.26. The van der Waals surface area contributed by atoms with Crippen LogP contribution in [0, 0.1) is 19.8 Å². The molecule has 138 valence electrons. The normalized spacial score (nSPS) is 15.1. The summed E-state index contributed by atoms with van der Waals surface area (Å²) in [5, 5.41) is 3.48. The standard InChI is InChI=1S/C19H23N3O3S/c1-13-14(2)25-19(20-13)26-12-17(23)22-10-8-15(9-11-22)18(24)21-16-6-4-3-5-7-16/h3-7,15H,8-12H2,1-2H3,(H,21,24). The third kappa shape index (κ3) is 4.66. The highest BCUT2D eigenvalue weighted by Gasteiger charge is 2.27. The molecular formula is C19H23N3O3S. The Morgan fingerprint density at radius 1 is 1.23 bits per heavy atom. The summed E-state index contributed by atoms with van der Waals surface area (Å²) < 4.78 is 5.49. The molecule has 2 amide bonds. The summed E-state index contributed by atoms with van der Waals surface area (Å²) in [6, 6.07) is 9.45. The highest BCUT2D eigenvalue weighted by atomic mass is 32.2. The zero-order chi connectivity index (χ0) is 18.5. The number of hydrogen-bond acceptors (Lipinski definition) is 5. The molecule has 2 aromatic rings. The summed E-state index contributed by atoms with van der Waals surface area (Å²) in [4.78, 5) is 30.8. The molecule has 0 spiro atoms. The Kier molecular flexibility index (Phi) is 5.98. The van der Waals surface area contributed by atoms with E-state index in [-0.39, 0.29) is 17.7 Å². The first kappa shape index (κ1) is 18.5. The van der Waals surface area contributed by atoms with Gasteiger partial charge in [-0.3, -0.25) is 9.59 Å². The van der Waals surface area contributed by atoms with Gasteiger partial charge in [0.05, 0.1) is 11.4 Å². The number of carbonyl (C=O) groups is 2. The van der Waals surface area contributed by atoms with Gasteiger partial charge < -0.3 is 14.6 Å². The number of carbonyl (C=O) groups excluding carboxylic acids is 2. The molecule has 1 N–H and O–H groups in total. The average molecular weight is 373 g/mol. The van der Waals surface area contributed by atoms with Crippen molar-refractivity contribution in [1.82, 2.24) is 9.88 Å². The molecule has 0 aliphatic carbocycles. The van der Waals surface area contributed by atoms with Gasteiger partial charge in [-0.2, -0.15) is 0 Å². The quantitative estimate of drug-likeness (QED) is 0.814. The summed E-state index contributed by atoms with van der Waals surface area (Å²) in [5.74, 6) is 1.13. The number of aromatic nitrogens is 1. The van der Waals surface area contributed by atoms with Crippen LogP contribution in [0.25, 0.3) is 0 Å². The minimum absolute atomic E-state index is 0.0309. The third-order valence-electron chi connectivity index (χ3n) is 4.59. The zero-order valence-corrected chi connectivity index (χ0v) is 15.8. The van der Waals surface area contributed by atoms with Gasteiger partial charge in [0, 0.05) is 24.7 Å². The van der Waals surface area contributed by atoms with Crippen LogP contribution in [-0.4, -0.2) is 40.5 Å². The Labute approximate surface area is 157 Å². The Balaban J connectivity index is 1.44. The predicted molar refractivity (Wildman–Crippen MR) is 101 cm³/mol. The van der Waals surface area contributed by atoms with Gasteiger partial charge >= 0.3 is 0 Å². The van der Waals surface area contributed by atoms with Gasteiger partial charge in [-0.15, -0.1) is 0 Å². The van der Waals surface area contributed by atoms with Gasteiger partial charge in [-0.25, -0.2) is 4.98 Å². The molecule has 7 heteroatoms. The van der Waals surface area contributed by atoms with Crippen LogP contribution in [0.5, 0.6) is 0 Å². The number of nitrogens with one attached hydrogen (secondary N) is 1. The minimum Gasteiger partial charge on any atom is -0.437 e. The summed E-state index contributed by atoms with van der Waals surface area (Å²) in [5.41, 5.74) is 1.66. The maximum atomic E-state index is 12.4. The van der Waals surface area contributed by atoms with Crippen LogP contribution >= 0.6 is 11.8 Å². The summed E-state index contributed by atoms with van der Waals surface area (Å²) in [6.45, 7) is 4.96. The smallest absolute Gasteiger partial charge is 0.256 e. The lowest BCUT2D eigenvalue weighted by atomic mass is 9.96. The van der Waals surface area contributed by atoms with E-state index in [1.807, 2.05) is 49.1 Å². The maximum Gasteiger partial charge on any atom is 0.256 e. The molecule has 0 unspecified atom stereocenters. The monoisotopic (exact) mass is 373 g/mol. The van der Waals surface area contributed by atoms with Crippen LogP contribution in [-0.2, 0) is 9.59 Å². The number of hydrogen-bond donors (Lipinski definition) is 1. The topological polar surface area (TPSA) is 75.4 Å². The van der Waals surface area contributed by atoms with E-state index < -0.39 is 0 Å². The van der Waals surface area contributed by atoms with Gasteiger partial charge in [0.2, 0.25) is 11.8 Å². The van der Waals surface area contributed by atoms with E-state index in [9.17, 15) is 9.59 Å². The number of thioether (sulfide) groups is 1. The summed E-state index contributed by atoms with van der Waals surface area (Å²) in [7, 11) is 0. The fourth-order valence-electron chi connectivity index (χ4n) is 2.88. The average Bonchev–Trinajstić information content (AvgIpc) is 2.98. The Hall–Kier alpha value is -2.28. The first-order valence-electron chi connectivity index (χ1n) is 8.73. The Bertz CT molecular complexity index is 748. The molecule has 1 aromatic carbocycles. The second kappa shape index (κ2) is 8.40. The van der Waals surface area contributed by atoms with Gasteiger partial charge in [-0.1, -0.05) is 30.0 Å². The van der Waals surface area contributed by atoms with Crippen LogP contribution in [0.4, 0.5) is 5.69 Å². The van der Waals surface area contributed by atoms with E-state index in [2.05, 4.69) is 10.3 Å². The van der Waals surface area contributed by atoms with Crippen molar-refractivity contribution < 1.29 is 14.0 Å². The molecule has 26 heavy (non-hydrogen) atoms. The fourth-order valence-corrected chi connectivity index (χ4v) is 3.69. The Morgan fingerprint density at radius 2 is 1.92 bits per heavy atom. The minimum atomic E-state index is -0.0519. The molecule has 3 rings (SSSR count). The number of rotatable bonds is 5. The lowest BCUT2D eigenvalue weighted by Crippen LogP contribution is -2.42. The van der Waals surface area contributed by atoms with Crippen molar-refractivity contribution in [3.05, 3.63) is 41.8 Å². The van der Waals surface area contributed by atoms with Crippen molar-refractivity contribution in [1.29, 1.82) is 0 Å². The number of amides is 2. The van der Waals surface area contributed by atoms with Gasteiger partial charge in [0.1, 0.15) is 5.76 Å². The van der Waals surface area contributed by atoms with Crippen molar-refractivity contribution in [2.75, 3.05) is 24.2 Å². The fraction of sp³-hybridized carbons (Fsp3) is 0.421. The zero-order valence-electron chi connectivity index (χ0n) is 15.0. The Morgan fingerprint density at radius 3 is 2.54 bits per heavy atom. The molecule has 0 saturated carbocycles. The van der Waals surface area contributed by atoms with E-state index in [0.29, 0.717) is 36.9 Å². The van der Waals surface area contributed by atoms with Crippen LogP contribution in [0.2, 0.25) is 0 Å². The first-order chi connectivity index (χ1) is 12.5. The van der Waals surface area contributed by atoms with Crippen LogP contribution < -0.4 is 5.32 Å². The molecule has 0 bridgehead atoms. The van der Waals surface area contributed by atoms with Crippen LogP contribution in [0.1, 0.15) is 24.3 Å². The largest absolute Gasteiger partial charge is 0.437 e. The van der Waals surface area contributed by atoms with E-state index >= 15 is 0 Å². The molecule has 1 aliphatic heterocycles. The van der Waals surface area contributed by atoms with Crippen molar-refractivity contribution >= 4 is 29.3 Å². The van der Waals surface area contributed by atoms with Crippen molar-refractivity contribution in [3.63, 3.8) is 0 Å². The highest BCUT2D eigenvalue weighted by molar-refractivity contribution is 7.99. The van der Waals surface area contributed by atoms with E-state index in [1.165, 1.54) is 11.8 Å². The van der Waals surface area contributed by atoms with E-state index in [1.54, 1.807) is 0 Å². The molecule has 0 atom stereocenters.